The fourth-order valence-corrected chi connectivity index (χ4v) is 5.32. The van der Waals surface area contributed by atoms with Crippen LogP contribution in [0.5, 0.6) is 0 Å². The number of nitrogens with zero attached hydrogens (tertiary/aromatic N) is 3. The molecule has 4 aromatic rings. The summed E-state index contributed by atoms with van der Waals surface area (Å²) in [6.07, 6.45) is 0. The average molecular weight is 401 g/mol. The zero-order chi connectivity index (χ0) is 21.1. The fraction of sp³-hybridized carbons (Fsp3) is 0.111. The van der Waals surface area contributed by atoms with Crippen molar-refractivity contribution in [2.45, 2.75) is 6.92 Å². The van der Waals surface area contributed by atoms with Crippen LogP contribution in [0, 0.1) is 6.92 Å². The normalized spacial score (nSPS) is 14.0. The van der Waals surface area contributed by atoms with Crippen LogP contribution < -0.4 is 25.5 Å². The van der Waals surface area contributed by atoms with Crippen molar-refractivity contribution in [2.24, 2.45) is 0 Å². The number of anilines is 6. The topological polar surface area (TPSA) is 9.72 Å². The quantitative estimate of drug-likeness (QED) is 0.411. The van der Waals surface area contributed by atoms with Gasteiger partial charge in [0.05, 0.1) is 22.7 Å². The van der Waals surface area contributed by atoms with Gasteiger partial charge in [-0.05, 0) is 53.7 Å². The van der Waals surface area contributed by atoms with E-state index in [0.29, 0.717) is 0 Å². The number of hydrogen-bond acceptors (Lipinski definition) is 3. The van der Waals surface area contributed by atoms with Crippen molar-refractivity contribution in [1.82, 2.24) is 0 Å². The van der Waals surface area contributed by atoms with Crippen LogP contribution in [0.4, 0.5) is 34.1 Å². The van der Waals surface area contributed by atoms with Crippen LogP contribution in [-0.4, -0.2) is 20.9 Å². The van der Waals surface area contributed by atoms with Gasteiger partial charge in [-0.1, -0.05) is 60.7 Å². The Balaban J connectivity index is 1.70. The maximum atomic E-state index is 2.56. The SMILES string of the molecule is Cc1cccc2c1N(B1c3ccccc3N(C)c3ccccc31)c1ccccc1N2C. The summed E-state index contributed by atoms with van der Waals surface area (Å²) in [6.45, 7) is 2.32. The molecule has 4 heteroatoms. The lowest BCUT2D eigenvalue weighted by Crippen LogP contribution is -2.60. The summed E-state index contributed by atoms with van der Waals surface area (Å²) in [4.78, 5) is 7.20. The van der Waals surface area contributed by atoms with Gasteiger partial charge in [0.1, 0.15) is 0 Å². The molecule has 0 aromatic heterocycles. The lowest BCUT2D eigenvalue weighted by Gasteiger charge is -2.45. The number of hydrogen-bond donors (Lipinski definition) is 0. The highest BCUT2D eigenvalue weighted by Gasteiger charge is 2.41. The van der Waals surface area contributed by atoms with E-state index in [1.54, 1.807) is 0 Å². The molecule has 0 saturated carbocycles. The number of para-hydroxylation sites is 5. The van der Waals surface area contributed by atoms with Gasteiger partial charge in [0.2, 0.25) is 0 Å². The molecule has 0 amide bonds. The van der Waals surface area contributed by atoms with Gasteiger partial charge in [-0.25, -0.2) is 0 Å². The standard InChI is InChI=1S/C27H24BN3/c1-19-11-10-18-26-27(19)31(25-17-9-8-16-24(25)30(26)3)28-20-12-4-6-14-22(20)29(2)23-15-7-5-13-21(23)28/h4-18H,1-3H3. The molecule has 0 aliphatic carbocycles. The van der Waals surface area contributed by atoms with Crippen LogP contribution in [0.3, 0.4) is 0 Å². The molecule has 0 atom stereocenters. The van der Waals surface area contributed by atoms with Gasteiger partial charge in [0.15, 0.2) is 0 Å². The van der Waals surface area contributed by atoms with E-state index < -0.39 is 0 Å². The largest absolute Gasteiger partial charge is 0.373 e. The highest BCUT2D eigenvalue weighted by Crippen LogP contribution is 2.49. The Hall–Kier alpha value is -3.66. The lowest BCUT2D eigenvalue weighted by atomic mass is 9.46. The number of aryl methyl sites for hydroxylation is 1. The van der Waals surface area contributed by atoms with E-state index in [0.717, 1.165) is 0 Å². The summed E-state index contributed by atoms with van der Waals surface area (Å²) in [7, 11) is 4.34. The Kier molecular flexibility index (Phi) is 3.91. The Morgan fingerprint density at radius 1 is 0.516 bits per heavy atom. The molecule has 0 N–H and O–H groups in total. The third kappa shape index (κ3) is 2.48. The molecular formula is C27H24BN3. The molecule has 6 rings (SSSR count). The van der Waals surface area contributed by atoms with Crippen molar-refractivity contribution >= 4 is 51.9 Å². The second kappa shape index (κ2) is 6.68. The van der Waals surface area contributed by atoms with Crippen LogP contribution in [0.1, 0.15) is 5.56 Å². The smallest absolute Gasteiger partial charge is 0.332 e. The van der Waals surface area contributed by atoms with Crippen LogP contribution >= 0.6 is 0 Å². The molecule has 0 bridgehead atoms. The summed E-state index contributed by atoms with van der Waals surface area (Å²) >= 11 is 0. The molecule has 0 spiro atoms. The number of fused-ring (bicyclic) bond motifs is 4. The van der Waals surface area contributed by atoms with Gasteiger partial charge >= 0.3 is 6.85 Å². The minimum atomic E-state index is 0.0956. The third-order valence-electron chi connectivity index (χ3n) is 6.76. The minimum Gasteiger partial charge on any atom is -0.373 e. The van der Waals surface area contributed by atoms with E-state index >= 15 is 0 Å². The van der Waals surface area contributed by atoms with Crippen LogP contribution in [0.25, 0.3) is 0 Å². The molecule has 0 fully saturated rings. The van der Waals surface area contributed by atoms with Crippen molar-refractivity contribution in [3.05, 3.63) is 96.6 Å². The van der Waals surface area contributed by atoms with E-state index in [2.05, 4.69) is 127 Å². The van der Waals surface area contributed by atoms with E-state index in [9.17, 15) is 0 Å². The van der Waals surface area contributed by atoms with E-state index in [-0.39, 0.29) is 6.85 Å². The predicted molar refractivity (Wildman–Crippen MR) is 134 cm³/mol. The molecule has 2 heterocycles. The zero-order valence-electron chi connectivity index (χ0n) is 18.1. The fourth-order valence-electron chi connectivity index (χ4n) is 5.32. The van der Waals surface area contributed by atoms with Crippen LogP contribution in [0.2, 0.25) is 0 Å². The first-order valence-electron chi connectivity index (χ1n) is 10.8. The first-order chi connectivity index (χ1) is 15.2. The minimum absolute atomic E-state index is 0.0956. The molecule has 2 aliphatic heterocycles. The van der Waals surface area contributed by atoms with Crippen molar-refractivity contribution in [2.75, 3.05) is 28.7 Å². The van der Waals surface area contributed by atoms with Gasteiger partial charge in [-0.3, -0.25) is 0 Å². The van der Waals surface area contributed by atoms with E-state index in [1.165, 1.54) is 50.6 Å². The van der Waals surface area contributed by atoms with Crippen molar-refractivity contribution in [3.8, 4) is 0 Å². The lowest BCUT2D eigenvalue weighted by molar-refractivity contribution is 1.14. The van der Waals surface area contributed by atoms with Gasteiger partial charge in [0.25, 0.3) is 0 Å². The predicted octanol–water partition coefficient (Wildman–Crippen LogP) is 5.10. The van der Waals surface area contributed by atoms with Crippen molar-refractivity contribution < 1.29 is 0 Å². The Morgan fingerprint density at radius 2 is 1.00 bits per heavy atom. The number of benzene rings is 4. The Bertz CT molecular complexity index is 1270. The zero-order valence-corrected chi connectivity index (χ0v) is 18.1. The summed E-state index contributed by atoms with van der Waals surface area (Å²) in [5.41, 5.74) is 11.5. The molecular weight excluding hydrogens is 377 g/mol. The van der Waals surface area contributed by atoms with Crippen LogP contribution in [-0.2, 0) is 0 Å². The first kappa shape index (κ1) is 18.1. The molecule has 150 valence electrons. The average Bonchev–Trinajstić information content (AvgIpc) is 2.81. The van der Waals surface area contributed by atoms with Crippen molar-refractivity contribution in [3.63, 3.8) is 0 Å². The second-order valence-corrected chi connectivity index (χ2v) is 8.44. The summed E-state index contributed by atoms with van der Waals surface area (Å²) in [5, 5.41) is 0. The maximum absolute atomic E-state index is 2.56. The Labute approximate surface area is 184 Å². The molecule has 2 aliphatic rings. The van der Waals surface area contributed by atoms with Gasteiger partial charge in [-0.2, -0.15) is 0 Å². The Morgan fingerprint density at radius 3 is 1.65 bits per heavy atom. The van der Waals surface area contributed by atoms with Gasteiger partial charge < -0.3 is 14.6 Å². The maximum Gasteiger partial charge on any atom is 0.332 e. The van der Waals surface area contributed by atoms with E-state index in [1.807, 2.05) is 0 Å². The monoisotopic (exact) mass is 401 g/mol. The molecule has 0 unspecified atom stereocenters. The molecule has 4 aromatic carbocycles. The van der Waals surface area contributed by atoms with Gasteiger partial charge in [-0.15, -0.1) is 0 Å². The highest BCUT2D eigenvalue weighted by atomic mass is 15.2. The van der Waals surface area contributed by atoms with Crippen molar-refractivity contribution in [1.29, 1.82) is 0 Å². The number of rotatable bonds is 1. The molecule has 0 saturated heterocycles. The van der Waals surface area contributed by atoms with E-state index in [4.69, 9.17) is 0 Å². The summed E-state index contributed by atoms with van der Waals surface area (Å²) in [5.74, 6) is 0. The highest BCUT2D eigenvalue weighted by molar-refractivity contribution is 6.92. The second-order valence-electron chi connectivity index (χ2n) is 8.44. The third-order valence-corrected chi connectivity index (χ3v) is 6.76. The first-order valence-corrected chi connectivity index (χ1v) is 10.8. The van der Waals surface area contributed by atoms with Crippen LogP contribution in [0.15, 0.2) is 91.0 Å². The summed E-state index contributed by atoms with van der Waals surface area (Å²) < 4.78 is 0. The molecule has 0 radical (unpaired) electrons. The molecule has 31 heavy (non-hydrogen) atoms. The van der Waals surface area contributed by atoms with Gasteiger partial charge in [0, 0.05) is 25.5 Å². The summed E-state index contributed by atoms with van der Waals surface area (Å²) in [6, 6.07) is 33.0. The molecule has 3 nitrogen and oxygen atoms in total.